The molecule has 1 atom stereocenters. The van der Waals surface area contributed by atoms with Crippen LogP contribution in [-0.4, -0.2) is 37.2 Å². The maximum absolute atomic E-state index is 12.0. The number of hydrogen-bond acceptors (Lipinski definition) is 4. The number of carbonyl (C=O) groups excluding carboxylic acids is 1. The Morgan fingerprint density at radius 1 is 1.58 bits per heavy atom. The molecule has 19 heavy (non-hydrogen) atoms. The zero-order valence-electron chi connectivity index (χ0n) is 10.9. The predicted molar refractivity (Wildman–Crippen MR) is 74.7 cm³/mol. The van der Waals surface area contributed by atoms with E-state index in [1.54, 1.807) is 19.2 Å². The first-order valence-corrected chi connectivity index (χ1v) is 6.82. The molecule has 0 radical (unpaired) electrons. The minimum atomic E-state index is -0.140. The lowest BCUT2D eigenvalue weighted by Gasteiger charge is -2.10. The van der Waals surface area contributed by atoms with Gasteiger partial charge in [0.05, 0.1) is 6.10 Å². The minimum absolute atomic E-state index is 0.140. The molecule has 0 saturated carbocycles. The Kier molecular flexibility index (Phi) is 4.99. The van der Waals surface area contributed by atoms with Crippen LogP contribution >= 0.6 is 11.6 Å². The van der Waals surface area contributed by atoms with Crippen LogP contribution in [0, 0.1) is 0 Å². The fourth-order valence-corrected chi connectivity index (χ4v) is 2.29. The van der Waals surface area contributed by atoms with Crippen molar-refractivity contribution in [3.05, 3.63) is 22.8 Å². The molecule has 1 unspecified atom stereocenters. The summed E-state index contributed by atoms with van der Waals surface area (Å²) in [5.74, 6) is 0.440. The molecule has 104 valence electrons. The summed E-state index contributed by atoms with van der Waals surface area (Å²) in [6, 6.07) is 3.23. The minimum Gasteiger partial charge on any atom is -0.378 e. The molecule has 1 fully saturated rings. The highest BCUT2D eigenvalue weighted by atomic mass is 35.5. The van der Waals surface area contributed by atoms with Gasteiger partial charge in [-0.15, -0.1) is 0 Å². The third-order valence-electron chi connectivity index (χ3n) is 3.09. The number of nitrogens with one attached hydrogen (secondary N) is 2. The second-order valence-corrected chi connectivity index (χ2v) is 4.88. The van der Waals surface area contributed by atoms with Gasteiger partial charge in [0, 0.05) is 25.8 Å². The Bertz CT molecular complexity index is 448. The van der Waals surface area contributed by atoms with Crippen LogP contribution in [0.4, 0.5) is 5.82 Å². The molecule has 0 spiro atoms. The SMILES string of the molecule is CNc1cc(C(=O)NCCC2CCCO2)cc(Cl)n1. The standard InChI is InChI=1S/C13H18ClN3O2/c1-15-12-8-9(7-11(14)17-12)13(18)16-5-4-10-3-2-6-19-10/h7-8,10H,2-6H2,1H3,(H,15,17)(H,16,18). The lowest BCUT2D eigenvalue weighted by molar-refractivity contribution is 0.0907. The summed E-state index contributed by atoms with van der Waals surface area (Å²) < 4.78 is 5.50. The van der Waals surface area contributed by atoms with Crippen molar-refractivity contribution in [1.82, 2.24) is 10.3 Å². The first kappa shape index (κ1) is 14.1. The van der Waals surface area contributed by atoms with Crippen LogP contribution < -0.4 is 10.6 Å². The van der Waals surface area contributed by atoms with Gasteiger partial charge >= 0.3 is 0 Å². The van der Waals surface area contributed by atoms with Crippen LogP contribution in [0.15, 0.2) is 12.1 Å². The van der Waals surface area contributed by atoms with E-state index in [1.165, 1.54) is 0 Å². The largest absolute Gasteiger partial charge is 0.378 e. The molecule has 1 aliphatic heterocycles. The predicted octanol–water partition coefficient (Wildman–Crippen LogP) is 2.08. The maximum Gasteiger partial charge on any atom is 0.251 e. The molecule has 2 N–H and O–H groups in total. The number of halogens is 1. The van der Waals surface area contributed by atoms with Crippen LogP contribution in [0.5, 0.6) is 0 Å². The van der Waals surface area contributed by atoms with Gasteiger partial charge in [-0.3, -0.25) is 4.79 Å². The van der Waals surface area contributed by atoms with Crippen molar-refractivity contribution in [2.75, 3.05) is 25.5 Å². The lowest BCUT2D eigenvalue weighted by atomic mass is 10.2. The summed E-state index contributed by atoms with van der Waals surface area (Å²) in [5, 5.41) is 6.04. The van der Waals surface area contributed by atoms with E-state index in [0.29, 0.717) is 23.1 Å². The maximum atomic E-state index is 12.0. The first-order valence-electron chi connectivity index (χ1n) is 6.44. The Hall–Kier alpha value is -1.33. The van der Waals surface area contributed by atoms with E-state index in [0.717, 1.165) is 25.9 Å². The van der Waals surface area contributed by atoms with Gasteiger partial charge in [0.2, 0.25) is 0 Å². The average Bonchev–Trinajstić information content (AvgIpc) is 2.91. The molecule has 0 aromatic carbocycles. The van der Waals surface area contributed by atoms with Gasteiger partial charge in [0.15, 0.2) is 0 Å². The van der Waals surface area contributed by atoms with E-state index < -0.39 is 0 Å². The van der Waals surface area contributed by atoms with Crippen molar-refractivity contribution in [3.8, 4) is 0 Å². The van der Waals surface area contributed by atoms with Crippen molar-refractivity contribution in [2.45, 2.75) is 25.4 Å². The van der Waals surface area contributed by atoms with Crippen molar-refractivity contribution in [2.24, 2.45) is 0 Å². The Labute approximate surface area is 117 Å². The third kappa shape index (κ3) is 4.08. The van der Waals surface area contributed by atoms with E-state index in [2.05, 4.69) is 15.6 Å². The van der Waals surface area contributed by atoms with Crippen LogP contribution in [0.25, 0.3) is 0 Å². The number of pyridine rings is 1. The van der Waals surface area contributed by atoms with Crippen molar-refractivity contribution >= 4 is 23.3 Å². The number of rotatable bonds is 5. The second-order valence-electron chi connectivity index (χ2n) is 4.49. The Balaban J connectivity index is 1.86. The average molecular weight is 284 g/mol. The fourth-order valence-electron chi connectivity index (χ4n) is 2.08. The fraction of sp³-hybridized carbons (Fsp3) is 0.538. The van der Waals surface area contributed by atoms with E-state index in [9.17, 15) is 4.79 Å². The molecular weight excluding hydrogens is 266 g/mol. The zero-order chi connectivity index (χ0) is 13.7. The number of aromatic nitrogens is 1. The van der Waals surface area contributed by atoms with Crippen molar-refractivity contribution in [1.29, 1.82) is 0 Å². The molecule has 5 nitrogen and oxygen atoms in total. The quantitative estimate of drug-likeness (QED) is 0.812. The van der Waals surface area contributed by atoms with Gasteiger partial charge in [-0.25, -0.2) is 4.98 Å². The van der Waals surface area contributed by atoms with Gasteiger partial charge in [-0.1, -0.05) is 11.6 Å². The molecule has 1 saturated heterocycles. The highest BCUT2D eigenvalue weighted by Gasteiger charge is 2.15. The van der Waals surface area contributed by atoms with Gasteiger partial charge < -0.3 is 15.4 Å². The zero-order valence-corrected chi connectivity index (χ0v) is 11.7. The highest BCUT2D eigenvalue weighted by Crippen LogP contribution is 2.16. The molecule has 2 rings (SSSR count). The molecule has 2 heterocycles. The van der Waals surface area contributed by atoms with Crippen LogP contribution in [0.2, 0.25) is 5.15 Å². The smallest absolute Gasteiger partial charge is 0.251 e. The molecule has 1 amide bonds. The second kappa shape index (κ2) is 6.73. The van der Waals surface area contributed by atoms with E-state index >= 15 is 0 Å². The van der Waals surface area contributed by atoms with Crippen LogP contribution in [0.3, 0.4) is 0 Å². The molecule has 6 heteroatoms. The normalized spacial score (nSPS) is 18.3. The highest BCUT2D eigenvalue weighted by molar-refractivity contribution is 6.29. The van der Waals surface area contributed by atoms with Gasteiger partial charge in [0.1, 0.15) is 11.0 Å². The Morgan fingerprint density at radius 2 is 2.42 bits per heavy atom. The van der Waals surface area contributed by atoms with Crippen molar-refractivity contribution in [3.63, 3.8) is 0 Å². The van der Waals surface area contributed by atoms with Crippen LogP contribution in [0.1, 0.15) is 29.6 Å². The number of amides is 1. The molecule has 0 aliphatic carbocycles. The number of nitrogens with zero attached hydrogens (tertiary/aromatic N) is 1. The molecule has 0 bridgehead atoms. The van der Waals surface area contributed by atoms with Crippen LogP contribution in [-0.2, 0) is 4.74 Å². The molecular formula is C13H18ClN3O2. The summed E-state index contributed by atoms with van der Waals surface area (Å²) in [6.45, 7) is 1.45. The topological polar surface area (TPSA) is 63.2 Å². The summed E-state index contributed by atoms with van der Waals surface area (Å²) >= 11 is 5.86. The van der Waals surface area contributed by atoms with Gasteiger partial charge in [0.25, 0.3) is 5.91 Å². The number of carbonyl (C=O) groups is 1. The number of ether oxygens (including phenoxy) is 1. The van der Waals surface area contributed by atoms with Gasteiger partial charge in [-0.2, -0.15) is 0 Å². The first-order chi connectivity index (χ1) is 9.19. The molecule has 1 aromatic heterocycles. The summed E-state index contributed by atoms with van der Waals surface area (Å²) in [7, 11) is 1.73. The molecule has 1 aliphatic rings. The van der Waals surface area contributed by atoms with E-state index in [-0.39, 0.29) is 12.0 Å². The lowest BCUT2D eigenvalue weighted by Crippen LogP contribution is -2.27. The Morgan fingerprint density at radius 3 is 3.11 bits per heavy atom. The van der Waals surface area contributed by atoms with E-state index in [4.69, 9.17) is 16.3 Å². The molecule has 1 aromatic rings. The number of anilines is 1. The number of hydrogen-bond donors (Lipinski definition) is 2. The van der Waals surface area contributed by atoms with E-state index in [1.807, 2.05) is 0 Å². The summed E-state index contributed by atoms with van der Waals surface area (Å²) in [6.07, 6.45) is 3.34. The van der Waals surface area contributed by atoms with Crippen molar-refractivity contribution < 1.29 is 9.53 Å². The monoisotopic (exact) mass is 283 g/mol. The summed E-state index contributed by atoms with van der Waals surface area (Å²) in [5.41, 5.74) is 0.511. The summed E-state index contributed by atoms with van der Waals surface area (Å²) in [4.78, 5) is 16.0. The third-order valence-corrected chi connectivity index (χ3v) is 3.28. The van der Waals surface area contributed by atoms with Gasteiger partial charge in [-0.05, 0) is 31.4 Å².